The quantitative estimate of drug-likeness (QED) is 0.621. The summed E-state index contributed by atoms with van der Waals surface area (Å²) >= 11 is 0. The number of ether oxygens (including phenoxy) is 3. The molecule has 1 aliphatic heterocycles. The van der Waals surface area contributed by atoms with Gasteiger partial charge in [-0.25, -0.2) is 17.9 Å². The monoisotopic (exact) mass is 348 g/mol. The van der Waals surface area contributed by atoms with Crippen LogP contribution in [0.2, 0.25) is 0 Å². The van der Waals surface area contributed by atoms with Gasteiger partial charge in [0.05, 0.1) is 5.75 Å². The largest absolute Gasteiger partial charge is 0.383 e. The summed E-state index contributed by atoms with van der Waals surface area (Å²) in [6, 6.07) is 1.44. The van der Waals surface area contributed by atoms with E-state index in [9.17, 15) is 13.2 Å². The number of hydrogen-bond donors (Lipinski definition) is 2. The van der Waals surface area contributed by atoms with Gasteiger partial charge in [0.25, 0.3) is 0 Å². The van der Waals surface area contributed by atoms with Gasteiger partial charge in [0.15, 0.2) is 6.23 Å². The molecule has 0 aliphatic carbocycles. The maximum Gasteiger partial charge on any atom is 0.351 e. The van der Waals surface area contributed by atoms with Crippen molar-refractivity contribution in [2.45, 2.75) is 24.5 Å². The van der Waals surface area contributed by atoms with Gasteiger partial charge in [-0.05, 0) is 13.1 Å². The Balaban J connectivity index is 2.35. The van der Waals surface area contributed by atoms with Gasteiger partial charge in [0.2, 0.25) is 10.0 Å². The van der Waals surface area contributed by atoms with Crippen molar-refractivity contribution in [1.82, 2.24) is 14.3 Å². The molecule has 1 aliphatic rings. The van der Waals surface area contributed by atoms with E-state index in [0.717, 1.165) is 0 Å². The molecule has 0 saturated carbocycles. The van der Waals surface area contributed by atoms with Crippen LogP contribution in [-0.2, 0) is 24.2 Å². The van der Waals surface area contributed by atoms with Crippen LogP contribution in [-0.4, -0.2) is 63.3 Å². The molecule has 0 bridgehead atoms. The Morgan fingerprint density at radius 1 is 1.39 bits per heavy atom. The van der Waals surface area contributed by atoms with Crippen LogP contribution in [0.1, 0.15) is 6.23 Å². The van der Waals surface area contributed by atoms with Crippen LogP contribution >= 0.6 is 0 Å². The number of nitrogens with two attached hydrogens (primary N) is 1. The van der Waals surface area contributed by atoms with Crippen LogP contribution < -0.4 is 16.1 Å². The molecule has 0 radical (unpaired) electrons. The normalized spacial score (nSPS) is 28.1. The van der Waals surface area contributed by atoms with Crippen LogP contribution in [0.4, 0.5) is 5.82 Å². The molecule has 2 rings (SSSR count). The van der Waals surface area contributed by atoms with Gasteiger partial charge in [-0.1, -0.05) is 0 Å². The molecular formula is C12H20N4O6S. The Bertz CT molecular complexity index is 706. The average Bonchev–Trinajstić information content (AvgIpc) is 2.83. The van der Waals surface area contributed by atoms with Gasteiger partial charge >= 0.3 is 5.69 Å². The number of anilines is 1. The zero-order valence-electron chi connectivity index (χ0n) is 13.0. The number of nitrogen functional groups attached to an aromatic ring is 1. The van der Waals surface area contributed by atoms with Crippen molar-refractivity contribution in [1.29, 1.82) is 0 Å². The van der Waals surface area contributed by atoms with Crippen LogP contribution in [0.5, 0.6) is 0 Å². The highest BCUT2D eigenvalue weighted by molar-refractivity contribution is 7.89. The van der Waals surface area contributed by atoms with E-state index in [1.807, 2.05) is 0 Å². The predicted molar refractivity (Wildman–Crippen MR) is 81.3 cm³/mol. The van der Waals surface area contributed by atoms with Crippen LogP contribution in [0.15, 0.2) is 17.1 Å². The molecule has 11 heteroatoms. The Labute approximate surface area is 133 Å². The molecule has 4 atom stereocenters. The van der Waals surface area contributed by atoms with E-state index >= 15 is 0 Å². The molecule has 0 unspecified atom stereocenters. The minimum atomic E-state index is -3.53. The van der Waals surface area contributed by atoms with Crippen molar-refractivity contribution in [3.8, 4) is 0 Å². The second-order valence-electron chi connectivity index (χ2n) is 4.99. The number of aromatic nitrogens is 2. The van der Waals surface area contributed by atoms with Gasteiger partial charge in [0, 0.05) is 20.4 Å². The first-order valence-corrected chi connectivity index (χ1v) is 8.45. The second-order valence-corrected chi connectivity index (χ2v) is 6.96. The van der Waals surface area contributed by atoms with E-state index < -0.39 is 40.3 Å². The lowest BCUT2D eigenvalue weighted by Gasteiger charge is -2.22. The van der Waals surface area contributed by atoms with E-state index in [4.69, 9.17) is 19.9 Å². The molecule has 2 heterocycles. The van der Waals surface area contributed by atoms with Crippen molar-refractivity contribution in [3.05, 3.63) is 22.7 Å². The molecule has 0 amide bonds. The minimum Gasteiger partial charge on any atom is -0.383 e. The fraction of sp³-hybridized carbons (Fsp3) is 0.667. The van der Waals surface area contributed by atoms with Crippen LogP contribution in [0.25, 0.3) is 0 Å². The summed E-state index contributed by atoms with van der Waals surface area (Å²) < 4.78 is 43.4. The van der Waals surface area contributed by atoms with Crippen molar-refractivity contribution in [2.75, 3.05) is 32.8 Å². The van der Waals surface area contributed by atoms with Crippen molar-refractivity contribution in [2.24, 2.45) is 0 Å². The SMILES string of the molecule is CNS(=O)(=O)C[C@H]1O[C@@H](n2ccc(N)nc2=O)[C@H](OC)[C@@H]1OC. The summed E-state index contributed by atoms with van der Waals surface area (Å²) in [6.07, 6.45) is -1.61. The zero-order chi connectivity index (χ0) is 17.2. The fourth-order valence-electron chi connectivity index (χ4n) is 2.52. The molecular weight excluding hydrogens is 328 g/mol. The Kier molecular flexibility index (Phi) is 5.37. The van der Waals surface area contributed by atoms with Gasteiger partial charge < -0.3 is 19.9 Å². The smallest absolute Gasteiger partial charge is 0.351 e. The zero-order valence-corrected chi connectivity index (χ0v) is 13.8. The summed E-state index contributed by atoms with van der Waals surface area (Å²) in [7, 11) is 0.628. The predicted octanol–water partition coefficient (Wildman–Crippen LogP) is -1.70. The fourth-order valence-corrected chi connectivity index (χ4v) is 3.39. The first kappa shape index (κ1) is 17.8. The average molecular weight is 348 g/mol. The molecule has 10 nitrogen and oxygen atoms in total. The van der Waals surface area contributed by atoms with Gasteiger partial charge in [-0.15, -0.1) is 0 Å². The first-order chi connectivity index (χ1) is 10.8. The second kappa shape index (κ2) is 6.93. The number of nitrogens with zero attached hydrogens (tertiary/aromatic N) is 2. The summed E-state index contributed by atoms with van der Waals surface area (Å²) in [6.45, 7) is 0. The molecule has 3 N–H and O–H groups in total. The van der Waals surface area contributed by atoms with Crippen molar-refractivity contribution >= 4 is 15.8 Å². The first-order valence-electron chi connectivity index (χ1n) is 6.80. The maximum absolute atomic E-state index is 12.0. The number of rotatable bonds is 6. The Morgan fingerprint density at radius 3 is 2.57 bits per heavy atom. The minimum absolute atomic E-state index is 0.0795. The summed E-state index contributed by atoms with van der Waals surface area (Å²) in [5.41, 5.74) is 4.85. The van der Waals surface area contributed by atoms with Gasteiger partial charge in [0.1, 0.15) is 24.1 Å². The summed E-state index contributed by atoms with van der Waals surface area (Å²) in [5, 5.41) is 0. The number of methoxy groups -OCH3 is 2. The lowest BCUT2D eigenvalue weighted by atomic mass is 10.1. The topological polar surface area (TPSA) is 135 Å². The van der Waals surface area contributed by atoms with E-state index in [2.05, 4.69) is 9.71 Å². The third kappa shape index (κ3) is 3.70. The lowest BCUT2D eigenvalue weighted by molar-refractivity contribution is -0.0543. The molecule has 130 valence electrons. The Hall–Kier alpha value is -1.53. The standard InChI is InChI=1S/C12H20N4O6S/c1-14-23(18,19)6-7-9(20-2)10(21-3)11(22-7)16-5-4-8(13)15-12(16)17/h4-5,7,9-11,14H,6H2,1-3H3,(H2,13,15,17)/t7-,9-,10-,11-/m1/s1. The van der Waals surface area contributed by atoms with Crippen LogP contribution in [0, 0.1) is 0 Å². The van der Waals surface area contributed by atoms with Crippen molar-refractivity contribution in [3.63, 3.8) is 0 Å². The molecule has 1 fully saturated rings. The van der Waals surface area contributed by atoms with E-state index in [0.29, 0.717) is 0 Å². The maximum atomic E-state index is 12.0. The van der Waals surface area contributed by atoms with Gasteiger partial charge in [-0.2, -0.15) is 4.98 Å². The third-order valence-corrected chi connectivity index (χ3v) is 5.04. The van der Waals surface area contributed by atoms with E-state index in [-0.39, 0.29) is 11.6 Å². The van der Waals surface area contributed by atoms with Crippen LogP contribution in [0.3, 0.4) is 0 Å². The number of sulfonamides is 1. The highest BCUT2D eigenvalue weighted by atomic mass is 32.2. The van der Waals surface area contributed by atoms with Gasteiger partial charge in [-0.3, -0.25) is 4.57 Å². The lowest BCUT2D eigenvalue weighted by Crippen LogP contribution is -2.40. The van der Waals surface area contributed by atoms with E-state index in [1.54, 1.807) is 0 Å². The molecule has 1 saturated heterocycles. The highest BCUT2D eigenvalue weighted by Crippen LogP contribution is 2.32. The summed E-state index contributed by atoms with van der Waals surface area (Å²) in [5.74, 6) is -0.244. The number of nitrogens with one attached hydrogen (secondary N) is 1. The number of hydrogen-bond acceptors (Lipinski definition) is 8. The van der Waals surface area contributed by atoms with E-state index in [1.165, 1.54) is 38.1 Å². The molecule has 1 aromatic rings. The molecule has 1 aromatic heterocycles. The third-order valence-electron chi connectivity index (χ3n) is 3.65. The van der Waals surface area contributed by atoms with Crippen molar-refractivity contribution < 1.29 is 22.6 Å². The molecule has 0 aromatic carbocycles. The molecule has 0 spiro atoms. The molecule has 23 heavy (non-hydrogen) atoms. The summed E-state index contributed by atoms with van der Waals surface area (Å²) in [4.78, 5) is 15.6. The highest BCUT2D eigenvalue weighted by Gasteiger charge is 2.48. The Morgan fingerprint density at radius 2 is 2.04 bits per heavy atom.